The maximum atomic E-state index is 13.4. The molecule has 3 aromatic rings. The minimum atomic E-state index is -1.36. The summed E-state index contributed by atoms with van der Waals surface area (Å²) in [4.78, 5) is 39.2. The predicted molar refractivity (Wildman–Crippen MR) is 133 cm³/mol. The van der Waals surface area contributed by atoms with E-state index in [2.05, 4.69) is 16.7 Å². The number of nitrogens with zero attached hydrogens (tertiary/aromatic N) is 1. The fourth-order valence-electron chi connectivity index (χ4n) is 3.43. The van der Waals surface area contributed by atoms with E-state index in [-0.39, 0.29) is 11.3 Å². The molecule has 0 aromatic heterocycles. The van der Waals surface area contributed by atoms with Crippen molar-refractivity contribution in [2.75, 3.05) is 11.9 Å². The van der Waals surface area contributed by atoms with Gasteiger partial charge in [0.15, 0.2) is 6.04 Å². The van der Waals surface area contributed by atoms with E-state index in [1.807, 2.05) is 30.3 Å². The minimum absolute atomic E-state index is 0.134. The molecule has 3 N–H and O–H groups in total. The van der Waals surface area contributed by atoms with Crippen LogP contribution in [0, 0.1) is 12.5 Å². The van der Waals surface area contributed by atoms with Crippen molar-refractivity contribution < 1.29 is 24.2 Å². The van der Waals surface area contributed by atoms with Crippen molar-refractivity contribution in [3.8, 4) is 18.2 Å². The number of ether oxygens (including phenoxy) is 1. The lowest BCUT2D eigenvalue weighted by Gasteiger charge is -2.27. The third-order valence-electron chi connectivity index (χ3n) is 4.95. The van der Waals surface area contributed by atoms with Crippen LogP contribution in [-0.4, -0.2) is 40.1 Å². The summed E-state index contributed by atoms with van der Waals surface area (Å²) < 4.78 is 5.14. The van der Waals surface area contributed by atoms with Crippen molar-refractivity contribution in [2.45, 2.75) is 32.4 Å². The first-order valence-electron chi connectivity index (χ1n) is 10.9. The van der Waals surface area contributed by atoms with Gasteiger partial charge in [0, 0.05) is 17.3 Å². The Labute approximate surface area is 203 Å². The molecular weight excluding hydrogens is 446 g/mol. The summed E-state index contributed by atoms with van der Waals surface area (Å²) >= 11 is 0. The normalized spacial score (nSPS) is 11.7. The number of phenols is 1. The Balaban J connectivity index is 1.87. The quantitative estimate of drug-likeness (QED) is 0.368. The second-order valence-corrected chi connectivity index (χ2v) is 8.76. The van der Waals surface area contributed by atoms with Crippen molar-refractivity contribution in [3.05, 3.63) is 72.3 Å². The van der Waals surface area contributed by atoms with Crippen molar-refractivity contribution in [1.29, 1.82) is 0 Å². The highest BCUT2D eigenvalue weighted by Crippen LogP contribution is 2.30. The molecule has 0 aliphatic carbocycles. The van der Waals surface area contributed by atoms with E-state index in [9.17, 15) is 19.5 Å². The van der Waals surface area contributed by atoms with Crippen LogP contribution in [0.25, 0.3) is 10.8 Å². The minimum Gasteiger partial charge on any atom is -0.508 e. The zero-order valence-corrected chi connectivity index (χ0v) is 19.7. The van der Waals surface area contributed by atoms with Gasteiger partial charge in [-0.05, 0) is 49.7 Å². The zero-order chi connectivity index (χ0) is 25.6. The van der Waals surface area contributed by atoms with Gasteiger partial charge >= 0.3 is 6.09 Å². The number of benzene rings is 3. The van der Waals surface area contributed by atoms with Crippen LogP contribution in [0.5, 0.6) is 5.75 Å². The van der Waals surface area contributed by atoms with Crippen molar-refractivity contribution in [1.82, 2.24) is 10.2 Å². The number of fused-ring (bicyclic) bond motifs is 1. The number of para-hydroxylation sites is 1. The lowest BCUT2D eigenvalue weighted by atomic mass is 10.0. The van der Waals surface area contributed by atoms with Crippen LogP contribution in [0.1, 0.15) is 32.4 Å². The van der Waals surface area contributed by atoms with E-state index in [4.69, 9.17) is 11.2 Å². The Morgan fingerprint density at radius 3 is 2.34 bits per heavy atom. The molecule has 35 heavy (non-hydrogen) atoms. The highest BCUT2D eigenvalue weighted by atomic mass is 16.6. The van der Waals surface area contributed by atoms with E-state index in [1.54, 1.807) is 45.0 Å². The number of phenolic OH excluding ortho intramolecular Hbond substituents is 1. The van der Waals surface area contributed by atoms with E-state index in [1.165, 1.54) is 12.1 Å². The first kappa shape index (κ1) is 25.1. The van der Waals surface area contributed by atoms with Crippen molar-refractivity contribution in [3.63, 3.8) is 0 Å². The van der Waals surface area contributed by atoms with Gasteiger partial charge in [-0.25, -0.2) is 4.79 Å². The highest BCUT2D eigenvalue weighted by molar-refractivity contribution is 6.00. The average molecular weight is 474 g/mol. The number of rotatable bonds is 6. The molecule has 0 saturated heterocycles. The average Bonchev–Trinajstić information content (AvgIpc) is 2.80. The standard InChI is InChI=1S/C27H27N3O5/c1-5-30(23(32)17-28-26(34)35-27(2,3)4)24(21-12-8-9-13-22(21)31)25(33)29-20-15-14-18-10-6-7-11-19(18)16-20/h1,6-16,24,31H,17H2,2-4H3,(H,28,34)(H,29,33). The molecule has 0 fully saturated rings. The first-order valence-corrected chi connectivity index (χ1v) is 10.9. The number of nitrogens with one attached hydrogen (secondary N) is 2. The number of terminal acetylenes is 1. The topological polar surface area (TPSA) is 108 Å². The Hall–Kier alpha value is -4.51. The summed E-state index contributed by atoms with van der Waals surface area (Å²) in [5.41, 5.74) is -0.128. The van der Waals surface area contributed by atoms with Crippen LogP contribution in [-0.2, 0) is 14.3 Å². The van der Waals surface area contributed by atoms with Gasteiger partial charge in [0.1, 0.15) is 17.9 Å². The molecule has 8 heteroatoms. The monoisotopic (exact) mass is 473 g/mol. The molecule has 1 atom stereocenters. The molecule has 3 amide bonds. The van der Waals surface area contributed by atoms with Gasteiger partial charge < -0.3 is 20.5 Å². The van der Waals surface area contributed by atoms with E-state index in [0.717, 1.165) is 15.7 Å². The molecule has 0 aliphatic heterocycles. The molecule has 0 aliphatic rings. The molecule has 1 unspecified atom stereocenters. The fraction of sp³-hybridized carbons (Fsp3) is 0.222. The van der Waals surface area contributed by atoms with Crippen LogP contribution in [0.3, 0.4) is 0 Å². The van der Waals surface area contributed by atoms with E-state index in [0.29, 0.717) is 5.69 Å². The summed E-state index contributed by atoms with van der Waals surface area (Å²) in [5.74, 6) is -1.58. The Morgan fingerprint density at radius 2 is 1.69 bits per heavy atom. The van der Waals surface area contributed by atoms with Crippen molar-refractivity contribution >= 4 is 34.4 Å². The zero-order valence-electron chi connectivity index (χ0n) is 19.7. The third kappa shape index (κ3) is 6.51. The predicted octanol–water partition coefficient (Wildman–Crippen LogP) is 4.17. The summed E-state index contributed by atoms with van der Waals surface area (Å²) in [5, 5.41) is 17.5. The maximum Gasteiger partial charge on any atom is 0.408 e. The lowest BCUT2D eigenvalue weighted by molar-refractivity contribution is -0.134. The molecule has 8 nitrogen and oxygen atoms in total. The van der Waals surface area contributed by atoms with Gasteiger partial charge in [0.05, 0.1) is 0 Å². The molecule has 0 spiro atoms. The Morgan fingerprint density at radius 1 is 1.03 bits per heavy atom. The molecular formula is C27H27N3O5. The maximum absolute atomic E-state index is 13.4. The summed E-state index contributed by atoms with van der Waals surface area (Å²) in [6, 6.07) is 20.0. The van der Waals surface area contributed by atoms with Gasteiger partial charge in [-0.15, -0.1) is 0 Å². The fourth-order valence-corrected chi connectivity index (χ4v) is 3.43. The summed E-state index contributed by atoms with van der Waals surface area (Å²) in [6.07, 6.45) is 4.82. The number of aromatic hydroxyl groups is 1. The van der Waals surface area contributed by atoms with Crippen molar-refractivity contribution in [2.24, 2.45) is 0 Å². The lowest BCUT2D eigenvalue weighted by Crippen LogP contribution is -2.44. The van der Waals surface area contributed by atoms with Crippen LogP contribution >= 0.6 is 0 Å². The Bertz CT molecular complexity index is 1290. The smallest absolute Gasteiger partial charge is 0.408 e. The molecule has 0 radical (unpaired) electrons. The van der Waals surface area contributed by atoms with Crippen LogP contribution in [0.2, 0.25) is 0 Å². The molecule has 3 aromatic carbocycles. The number of alkyl carbamates (subject to hydrolysis) is 1. The Kier molecular flexibility index (Phi) is 7.62. The van der Waals surface area contributed by atoms with Gasteiger partial charge in [-0.1, -0.05) is 55.0 Å². The summed E-state index contributed by atoms with van der Waals surface area (Å²) in [7, 11) is 0. The van der Waals surface area contributed by atoms with Crippen LogP contribution in [0.4, 0.5) is 10.5 Å². The van der Waals surface area contributed by atoms with Gasteiger partial charge in [0.2, 0.25) is 0 Å². The number of hydrogen-bond acceptors (Lipinski definition) is 5. The second-order valence-electron chi connectivity index (χ2n) is 8.76. The number of amides is 3. The molecule has 3 rings (SSSR count). The molecule has 0 heterocycles. The second kappa shape index (κ2) is 10.6. The van der Waals surface area contributed by atoms with E-state index < -0.39 is 36.1 Å². The van der Waals surface area contributed by atoms with Gasteiger partial charge in [-0.2, -0.15) is 0 Å². The number of anilines is 1. The molecule has 0 bridgehead atoms. The van der Waals surface area contributed by atoms with Crippen LogP contribution in [0.15, 0.2) is 66.7 Å². The highest BCUT2D eigenvalue weighted by Gasteiger charge is 2.33. The third-order valence-corrected chi connectivity index (χ3v) is 4.95. The molecule has 180 valence electrons. The SMILES string of the molecule is C#CN(C(=O)CNC(=O)OC(C)(C)C)C(C(=O)Nc1ccc2ccccc2c1)c1ccccc1O. The molecule has 0 saturated carbocycles. The first-order chi connectivity index (χ1) is 16.6. The largest absolute Gasteiger partial charge is 0.508 e. The van der Waals surface area contributed by atoms with Crippen LogP contribution < -0.4 is 10.6 Å². The van der Waals surface area contributed by atoms with E-state index >= 15 is 0 Å². The number of carbonyl (C=O) groups excluding carboxylic acids is 3. The van der Waals surface area contributed by atoms with Gasteiger partial charge in [0.25, 0.3) is 11.8 Å². The summed E-state index contributed by atoms with van der Waals surface area (Å²) in [6.45, 7) is 4.56. The van der Waals surface area contributed by atoms with Gasteiger partial charge in [-0.3, -0.25) is 14.5 Å². The number of carbonyl (C=O) groups is 3. The number of hydrogen-bond donors (Lipinski definition) is 3.